The largest absolute Gasteiger partial charge is 0.466 e. The molecule has 0 radical (unpaired) electrons. The van der Waals surface area contributed by atoms with Gasteiger partial charge in [0.25, 0.3) is 0 Å². The van der Waals surface area contributed by atoms with E-state index >= 15 is 0 Å². The van der Waals surface area contributed by atoms with E-state index in [2.05, 4.69) is 0 Å². The van der Waals surface area contributed by atoms with Crippen LogP contribution in [-0.2, 0) is 34.3 Å². The number of rotatable bonds is 6. The first-order valence-electron chi connectivity index (χ1n) is 9.61. The van der Waals surface area contributed by atoms with Gasteiger partial charge in [0, 0.05) is 26.2 Å². The minimum Gasteiger partial charge on any atom is -0.466 e. The van der Waals surface area contributed by atoms with E-state index in [9.17, 15) is 21.6 Å². The van der Waals surface area contributed by atoms with E-state index in [1.54, 1.807) is 6.92 Å². The molecule has 1 atom stereocenters. The molecule has 162 valence electrons. The Morgan fingerprint density at radius 1 is 1.00 bits per heavy atom. The Labute approximate surface area is 171 Å². The highest BCUT2D eigenvalue weighted by Crippen LogP contribution is 2.26. The molecule has 0 unspecified atom stereocenters. The van der Waals surface area contributed by atoms with Crippen LogP contribution in [0.5, 0.6) is 0 Å². The van der Waals surface area contributed by atoms with Crippen molar-refractivity contribution < 1.29 is 31.1 Å². The Morgan fingerprint density at radius 3 is 2.10 bits per heavy atom. The number of hydrogen-bond acceptors (Lipinski definition) is 7. The zero-order valence-electron chi connectivity index (χ0n) is 16.3. The molecule has 0 aromatic heterocycles. The molecular weight excluding hydrogens is 420 g/mol. The van der Waals surface area contributed by atoms with Gasteiger partial charge in [-0.3, -0.25) is 4.79 Å². The molecule has 0 N–H and O–H groups in total. The molecule has 29 heavy (non-hydrogen) atoms. The van der Waals surface area contributed by atoms with E-state index < -0.39 is 26.0 Å². The van der Waals surface area contributed by atoms with Crippen molar-refractivity contribution in [3.05, 3.63) is 24.3 Å². The van der Waals surface area contributed by atoms with Crippen molar-refractivity contribution >= 4 is 26.0 Å². The van der Waals surface area contributed by atoms with Crippen LogP contribution >= 0.6 is 0 Å². The van der Waals surface area contributed by atoms with Crippen molar-refractivity contribution in [3.63, 3.8) is 0 Å². The van der Waals surface area contributed by atoms with E-state index in [0.29, 0.717) is 32.6 Å². The summed E-state index contributed by atoms with van der Waals surface area (Å²) in [5, 5.41) is 0. The predicted molar refractivity (Wildman–Crippen MR) is 104 cm³/mol. The molecule has 2 fully saturated rings. The number of ether oxygens (including phenoxy) is 2. The molecule has 1 aromatic carbocycles. The maximum absolute atomic E-state index is 13.0. The highest BCUT2D eigenvalue weighted by atomic mass is 32.2. The highest BCUT2D eigenvalue weighted by Gasteiger charge is 2.34. The fourth-order valence-corrected chi connectivity index (χ4v) is 6.41. The summed E-state index contributed by atoms with van der Waals surface area (Å²) in [6.07, 6.45) is 1.15. The molecule has 2 heterocycles. The fourth-order valence-electron chi connectivity index (χ4n) is 3.48. The zero-order valence-corrected chi connectivity index (χ0v) is 18.0. The van der Waals surface area contributed by atoms with Crippen molar-refractivity contribution in [2.24, 2.45) is 5.92 Å². The Hall–Kier alpha value is -1.53. The molecule has 1 aromatic rings. The van der Waals surface area contributed by atoms with Crippen molar-refractivity contribution in [2.75, 3.05) is 46.0 Å². The van der Waals surface area contributed by atoms with Crippen molar-refractivity contribution in [2.45, 2.75) is 29.6 Å². The summed E-state index contributed by atoms with van der Waals surface area (Å²) < 4.78 is 64.1. The zero-order chi connectivity index (χ0) is 21.1. The first-order valence-corrected chi connectivity index (χ1v) is 12.5. The van der Waals surface area contributed by atoms with Crippen LogP contribution in [-0.4, -0.2) is 77.4 Å². The molecule has 9 nitrogen and oxygen atoms in total. The third kappa shape index (κ3) is 4.80. The second kappa shape index (κ2) is 9.09. The minimum atomic E-state index is -3.83. The van der Waals surface area contributed by atoms with Gasteiger partial charge < -0.3 is 9.47 Å². The number of benzene rings is 1. The van der Waals surface area contributed by atoms with Crippen LogP contribution in [0.3, 0.4) is 0 Å². The maximum Gasteiger partial charge on any atom is 0.310 e. The van der Waals surface area contributed by atoms with E-state index in [-0.39, 0.29) is 42.0 Å². The Balaban J connectivity index is 1.77. The van der Waals surface area contributed by atoms with Gasteiger partial charge in [-0.05, 0) is 44.0 Å². The average Bonchev–Trinajstić information content (AvgIpc) is 2.74. The number of esters is 1. The van der Waals surface area contributed by atoms with E-state index in [1.807, 2.05) is 0 Å². The summed E-state index contributed by atoms with van der Waals surface area (Å²) in [7, 11) is -7.53. The number of piperidine rings is 1. The standard InChI is InChI=1S/C18H26N2O7S2/c1-2-27-18(21)15-4-3-9-20(14-15)29(24,25)17-7-5-16(6-8-17)28(22,23)19-10-12-26-13-11-19/h5-8,15H,2-4,9-14H2,1H3/t15-/m1/s1. The van der Waals surface area contributed by atoms with Crippen LogP contribution in [0.15, 0.2) is 34.1 Å². The van der Waals surface area contributed by atoms with E-state index in [1.165, 1.54) is 32.9 Å². The van der Waals surface area contributed by atoms with Crippen LogP contribution in [0.25, 0.3) is 0 Å². The SMILES string of the molecule is CCOC(=O)[C@@H]1CCCN(S(=O)(=O)c2ccc(S(=O)(=O)N3CCOCC3)cc2)C1. The van der Waals surface area contributed by atoms with Crippen molar-refractivity contribution in [1.82, 2.24) is 8.61 Å². The molecule has 0 bridgehead atoms. The fraction of sp³-hybridized carbons (Fsp3) is 0.611. The van der Waals surface area contributed by atoms with Crippen molar-refractivity contribution in [1.29, 1.82) is 0 Å². The molecule has 0 saturated carbocycles. The summed E-state index contributed by atoms with van der Waals surface area (Å²) >= 11 is 0. The Kier molecular flexibility index (Phi) is 6.94. The lowest BCUT2D eigenvalue weighted by Gasteiger charge is -2.30. The third-order valence-corrected chi connectivity index (χ3v) is 8.87. The second-order valence-electron chi connectivity index (χ2n) is 6.94. The number of morpholine rings is 1. The van der Waals surface area contributed by atoms with Crippen LogP contribution in [0.1, 0.15) is 19.8 Å². The van der Waals surface area contributed by atoms with Crippen molar-refractivity contribution in [3.8, 4) is 0 Å². The summed E-state index contributed by atoms with van der Waals surface area (Å²) in [5.74, 6) is -0.876. The lowest BCUT2D eigenvalue weighted by atomic mass is 10.0. The molecule has 0 aliphatic carbocycles. The van der Waals surface area contributed by atoms with Gasteiger partial charge in [-0.2, -0.15) is 8.61 Å². The Bertz CT molecular complexity index is 923. The molecule has 0 spiro atoms. The number of sulfonamides is 2. The van der Waals surface area contributed by atoms with Gasteiger partial charge in [0.15, 0.2) is 0 Å². The summed E-state index contributed by atoms with van der Waals surface area (Å²) in [5.41, 5.74) is 0. The lowest BCUT2D eigenvalue weighted by Crippen LogP contribution is -2.42. The van der Waals surface area contributed by atoms with Gasteiger partial charge in [0.2, 0.25) is 20.0 Å². The second-order valence-corrected chi connectivity index (χ2v) is 10.8. The first kappa shape index (κ1) is 22.2. The number of carbonyl (C=O) groups excluding carboxylic acids is 1. The van der Waals surface area contributed by atoms with Crippen LogP contribution in [0, 0.1) is 5.92 Å². The van der Waals surface area contributed by atoms with Gasteiger partial charge in [-0.1, -0.05) is 0 Å². The van der Waals surface area contributed by atoms with Gasteiger partial charge in [0.1, 0.15) is 0 Å². The van der Waals surface area contributed by atoms with E-state index in [4.69, 9.17) is 9.47 Å². The number of hydrogen-bond donors (Lipinski definition) is 0. The number of nitrogens with zero attached hydrogens (tertiary/aromatic N) is 2. The van der Waals surface area contributed by atoms with Crippen LogP contribution in [0.4, 0.5) is 0 Å². The quantitative estimate of drug-likeness (QED) is 0.591. The topological polar surface area (TPSA) is 110 Å². The third-order valence-electron chi connectivity index (χ3n) is 5.07. The average molecular weight is 447 g/mol. The van der Waals surface area contributed by atoms with Gasteiger partial charge in [-0.25, -0.2) is 16.8 Å². The normalized spacial score (nSPS) is 22.3. The van der Waals surface area contributed by atoms with E-state index in [0.717, 1.165) is 0 Å². The highest BCUT2D eigenvalue weighted by molar-refractivity contribution is 7.89. The van der Waals surface area contributed by atoms with Crippen LogP contribution < -0.4 is 0 Å². The minimum absolute atomic E-state index is 0.00272. The molecule has 0 amide bonds. The summed E-state index contributed by atoms with van der Waals surface area (Å²) in [6, 6.07) is 5.22. The lowest BCUT2D eigenvalue weighted by molar-refractivity contribution is -0.149. The smallest absolute Gasteiger partial charge is 0.310 e. The molecule has 2 aliphatic rings. The molecule has 11 heteroatoms. The van der Waals surface area contributed by atoms with Crippen LogP contribution in [0.2, 0.25) is 0 Å². The molecule has 3 rings (SSSR count). The Morgan fingerprint density at radius 2 is 1.55 bits per heavy atom. The van der Waals surface area contributed by atoms with Gasteiger partial charge in [-0.15, -0.1) is 0 Å². The number of carbonyl (C=O) groups is 1. The monoisotopic (exact) mass is 446 g/mol. The summed E-state index contributed by atoms with van der Waals surface area (Å²) in [6.45, 7) is 3.55. The predicted octanol–water partition coefficient (Wildman–Crippen LogP) is 0.671. The van der Waals surface area contributed by atoms with Gasteiger partial charge in [0.05, 0.1) is 35.5 Å². The maximum atomic E-state index is 13.0. The molecule has 2 aliphatic heterocycles. The molecule has 2 saturated heterocycles. The van der Waals surface area contributed by atoms with Gasteiger partial charge >= 0.3 is 5.97 Å². The first-order chi connectivity index (χ1) is 13.8. The summed E-state index contributed by atoms with van der Waals surface area (Å²) in [4.78, 5) is 12.0. The molecular formula is C18H26N2O7S2.